The summed E-state index contributed by atoms with van der Waals surface area (Å²) >= 11 is 0. The van der Waals surface area contributed by atoms with Crippen molar-refractivity contribution in [3.05, 3.63) is 41.8 Å². The highest BCUT2D eigenvalue weighted by Gasteiger charge is 2.19. The van der Waals surface area contributed by atoms with E-state index in [2.05, 4.69) is 19.4 Å². The second-order valence-corrected chi connectivity index (χ2v) is 3.65. The molecule has 0 amide bonds. The predicted molar refractivity (Wildman–Crippen MR) is 62.3 cm³/mol. The van der Waals surface area contributed by atoms with Crippen molar-refractivity contribution in [1.82, 2.24) is 15.6 Å². The van der Waals surface area contributed by atoms with Gasteiger partial charge in [0.15, 0.2) is 0 Å². The normalized spacial score (nSPS) is 15.6. The standard InChI is InChI=1S/C12H16FN3/c1-3-15-9-12(16(4-2)14-15)10-6-5-7-11(13)8-10/h5-9,14H,3-4H2,1-2H3. The van der Waals surface area contributed by atoms with E-state index in [1.165, 1.54) is 6.07 Å². The molecule has 0 atom stereocenters. The Balaban J connectivity index is 2.31. The first-order valence-electron chi connectivity index (χ1n) is 5.52. The van der Waals surface area contributed by atoms with Crippen molar-refractivity contribution in [3.8, 4) is 0 Å². The number of hydrazine groups is 2. The van der Waals surface area contributed by atoms with Crippen molar-refractivity contribution >= 4 is 5.70 Å². The van der Waals surface area contributed by atoms with Crippen LogP contribution in [0.3, 0.4) is 0 Å². The fourth-order valence-electron chi connectivity index (χ4n) is 1.74. The lowest BCUT2D eigenvalue weighted by Crippen LogP contribution is -2.39. The molecule has 0 saturated heterocycles. The van der Waals surface area contributed by atoms with Crippen LogP contribution in [0.5, 0.6) is 0 Å². The second-order valence-electron chi connectivity index (χ2n) is 3.65. The molecule has 0 fully saturated rings. The number of nitrogens with one attached hydrogen (secondary N) is 1. The molecule has 86 valence electrons. The summed E-state index contributed by atoms with van der Waals surface area (Å²) in [7, 11) is 0. The van der Waals surface area contributed by atoms with Crippen molar-refractivity contribution in [1.29, 1.82) is 0 Å². The molecular weight excluding hydrogens is 205 g/mol. The molecule has 0 spiro atoms. The average molecular weight is 221 g/mol. The van der Waals surface area contributed by atoms with Gasteiger partial charge in [0.05, 0.1) is 5.70 Å². The number of benzene rings is 1. The van der Waals surface area contributed by atoms with Gasteiger partial charge in [0.1, 0.15) is 5.82 Å². The second kappa shape index (κ2) is 4.53. The van der Waals surface area contributed by atoms with Gasteiger partial charge in [0, 0.05) is 24.9 Å². The zero-order chi connectivity index (χ0) is 11.5. The molecule has 0 radical (unpaired) electrons. The maximum Gasteiger partial charge on any atom is 0.123 e. The van der Waals surface area contributed by atoms with E-state index in [0.29, 0.717) is 0 Å². The molecule has 4 heteroatoms. The fourth-order valence-corrected chi connectivity index (χ4v) is 1.74. The van der Waals surface area contributed by atoms with Gasteiger partial charge < -0.3 is 0 Å². The summed E-state index contributed by atoms with van der Waals surface area (Å²) in [5.74, 6) is -0.204. The number of hydrogen-bond acceptors (Lipinski definition) is 3. The average Bonchev–Trinajstić information content (AvgIpc) is 2.72. The van der Waals surface area contributed by atoms with Crippen LogP contribution in [0.2, 0.25) is 0 Å². The van der Waals surface area contributed by atoms with Crippen molar-refractivity contribution in [2.45, 2.75) is 13.8 Å². The smallest absolute Gasteiger partial charge is 0.123 e. The summed E-state index contributed by atoms with van der Waals surface area (Å²) in [4.78, 5) is 0. The van der Waals surface area contributed by atoms with E-state index >= 15 is 0 Å². The number of nitrogens with zero attached hydrogens (tertiary/aromatic N) is 2. The fraction of sp³-hybridized carbons (Fsp3) is 0.333. The van der Waals surface area contributed by atoms with Gasteiger partial charge in [-0.15, -0.1) is 5.53 Å². The van der Waals surface area contributed by atoms with E-state index in [0.717, 1.165) is 24.4 Å². The minimum atomic E-state index is -0.204. The molecule has 16 heavy (non-hydrogen) atoms. The van der Waals surface area contributed by atoms with Crippen LogP contribution in [0.1, 0.15) is 19.4 Å². The first kappa shape index (κ1) is 11.0. The summed E-state index contributed by atoms with van der Waals surface area (Å²) in [5.41, 5.74) is 5.11. The van der Waals surface area contributed by atoms with Gasteiger partial charge >= 0.3 is 0 Å². The SMILES string of the molecule is CCN1C=C(c2cccc(F)c2)N(CC)N1. The van der Waals surface area contributed by atoms with Crippen LogP contribution in [0.4, 0.5) is 4.39 Å². The third-order valence-electron chi connectivity index (χ3n) is 2.60. The van der Waals surface area contributed by atoms with Crippen molar-refractivity contribution in [3.63, 3.8) is 0 Å². The number of halogens is 1. The third-order valence-corrected chi connectivity index (χ3v) is 2.60. The Morgan fingerprint density at radius 2 is 2.06 bits per heavy atom. The molecule has 1 heterocycles. The molecule has 0 aliphatic carbocycles. The Bertz CT molecular complexity index is 403. The van der Waals surface area contributed by atoms with Crippen molar-refractivity contribution in [2.24, 2.45) is 0 Å². The van der Waals surface area contributed by atoms with E-state index in [4.69, 9.17) is 0 Å². The Kier molecular flexibility index (Phi) is 3.10. The largest absolute Gasteiger partial charge is 0.296 e. The summed E-state index contributed by atoms with van der Waals surface area (Å²) in [6, 6.07) is 6.65. The van der Waals surface area contributed by atoms with E-state index in [1.54, 1.807) is 12.1 Å². The Hall–Kier alpha value is -1.55. The lowest BCUT2D eigenvalue weighted by Gasteiger charge is -2.22. The summed E-state index contributed by atoms with van der Waals surface area (Å²) < 4.78 is 13.2. The van der Waals surface area contributed by atoms with E-state index < -0.39 is 0 Å². The molecule has 1 aliphatic heterocycles. The Morgan fingerprint density at radius 1 is 1.25 bits per heavy atom. The Morgan fingerprint density at radius 3 is 2.69 bits per heavy atom. The minimum Gasteiger partial charge on any atom is -0.296 e. The topological polar surface area (TPSA) is 18.5 Å². The lowest BCUT2D eigenvalue weighted by molar-refractivity contribution is 0.155. The highest BCUT2D eigenvalue weighted by atomic mass is 19.1. The van der Waals surface area contributed by atoms with Crippen molar-refractivity contribution in [2.75, 3.05) is 13.1 Å². The molecule has 2 rings (SSSR count). The van der Waals surface area contributed by atoms with E-state index in [-0.39, 0.29) is 5.82 Å². The molecule has 0 unspecified atom stereocenters. The van der Waals surface area contributed by atoms with Gasteiger partial charge in [0.25, 0.3) is 0 Å². The molecule has 1 N–H and O–H groups in total. The van der Waals surface area contributed by atoms with Crippen LogP contribution in [0, 0.1) is 5.82 Å². The van der Waals surface area contributed by atoms with Crippen LogP contribution in [-0.2, 0) is 0 Å². The molecule has 3 nitrogen and oxygen atoms in total. The summed E-state index contributed by atoms with van der Waals surface area (Å²) in [6.45, 7) is 5.82. The van der Waals surface area contributed by atoms with Crippen LogP contribution in [0.25, 0.3) is 5.70 Å². The number of rotatable bonds is 3. The number of hydrogen-bond donors (Lipinski definition) is 1. The van der Waals surface area contributed by atoms with Gasteiger partial charge in [-0.25, -0.2) is 4.39 Å². The molecule has 1 aliphatic rings. The lowest BCUT2D eigenvalue weighted by atomic mass is 10.1. The van der Waals surface area contributed by atoms with Crippen LogP contribution < -0.4 is 5.53 Å². The minimum absolute atomic E-state index is 0.204. The van der Waals surface area contributed by atoms with E-state index in [1.807, 2.05) is 22.3 Å². The first-order valence-corrected chi connectivity index (χ1v) is 5.52. The van der Waals surface area contributed by atoms with Crippen LogP contribution >= 0.6 is 0 Å². The van der Waals surface area contributed by atoms with Crippen LogP contribution in [-0.4, -0.2) is 23.1 Å². The van der Waals surface area contributed by atoms with Gasteiger partial charge in [-0.1, -0.05) is 12.1 Å². The van der Waals surface area contributed by atoms with Gasteiger partial charge in [-0.3, -0.25) is 10.0 Å². The highest BCUT2D eigenvalue weighted by Crippen LogP contribution is 2.22. The molecule has 0 saturated carbocycles. The zero-order valence-corrected chi connectivity index (χ0v) is 9.57. The van der Waals surface area contributed by atoms with E-state index in [9.17, 15) is 4.39 Å². The van der Waals surface area contributed by atoms with Gasteiger partial charge in [0.2, 0.25) is 0 Å². The zero-order valence-electron chi connectivity index (χ0n) is 9.57. The molecular formula is C12H16FN3. The first-order chi connectivity index (χ1) is 7.74. The summed E-state index contributed by atoms with van der Waals surface area (Å²) in [5, 5.41) is 3.97. The highest BCUT2D eigenvalue weighted by molar-refractivity contribution is 5.64. The third kappa shape index (κ3) is 2.02. The summed E-state index contributed by atoms with van der Waals surface area (Å²) in [6.07, 6.45) is 2.00. The van der Waals surface area contributed by atoms with Gasteiger partial charge in [-0.2, -0.15) is 0 Å². The maximum atomic E-state index is 13.2. The maximum absolute atomic E-state index is 13.2. The molecule has 0 aromatic heterocycles. The quantitative estimate of drug-likeness (QED) is 0.844. The molecule has 1 aromatic carbocycles. The van der Waals surface area contributed by atoms with Crippen LogP contribution in [0.15, 0.2) is 30.5 Å². The molecule has 1 aromatic rings. The predicted octanol–water partition coefficient (Wildman–Crippen LogP) is 2.20. The van der Waals surface area contributed by atoms with Gasteiger partial charge in [-0.05, 0) is 26.0 Å². The van der Waals surface area contributed by atoms with Crippen molar-refractivity contribution < 1.29 is 4.39 Å². The Labute approximate surface area is 95.1 Å². The monoisotopic (exact) mass is 221 g/mol. The molecule has 0 bridgehead atoms.